The second kappa shape index (κ2) is 8.10. The lowest BCUT2D eigenvalue weighted by Gasteiger charge is -2.11. The van der Waals surface area contributed by atoms with Gasteiger partial charge in [0.1, 0.15) is 0 Å². The van der Waals surface area contributed by atoms with Crippen LogP contribution in [0.5, 0.6) is 0 Å². The lowest BCUT2D eigenvalue weighted by atomic mass is 9.98. The molecular weight excluding hydrogens is 553 g/mol. The first-order valence-corrected chi connectivity index (χ1v) is 15.9. The Morgan fingerprint density at radius 2 is 1.18 bits per heavy atom. The van der Waals surface area contributed by atoms with Crippen LogP contribution in [-0.4, -0.2) is 9.38 Å². The minimum Gasteiger partial charge on any atom is -0.306 e. The highest BCUT2D eigenvalue weighted by molar-refractivity contribution is 7.27. The van der Waals surface area contributed by atoms with Crippen molar-refractivity contribution < 1.29 is 0 Å². The predicted molar refractivity (Wildman–Crippen MR) is 190 cm³/mol. The Morgan fingerprint density at radius 1 is 0.455 bits per heavy atom. The third-order valence-electron chi connectivity index (χ3n) is 9.66. The maximum absolute atomic E-state index is 5.22. The molecule has 0 N–H and O–H groups in total. The highest BCUT2D eigenvalue weighted by atomic mass is 32.1. The van der Waals surface area contributed by atoms with Gasteiger partial charge in [0.25, 0.3) is 0 Å². The van der Waals surface area contributed by atoms with E-state index in [1.807, 2.05) is 11.3 Å². The van der Waals surface area contributed by atoms with Crippen LogP contribution in [0, 0.1) is 0 Å². The maximum atomic E-state index is 5.22. The van der Waals surface area contributed by atoms with Crippen molar-refractivity contribution in [3.05, 3.63) is 133 Å². The van der Waals surface area contributed by atoms with Crippen molar-refractivity contribution >= 4 is 102 Å². The topological polar surface area (TPSA) is 17.3 Å². The average Bonchev–Trinajstić information content (AvgIpc) is 3.73. The fourth-order valence-electron chi connectivity index (χ4n) is 7.78. The third-order valence-corrected chi connectivity index (χ3v) is 10.9. The van der Waals surface area contributed by atoms with Gasteiger partial charge in [-0.3, -0.25) is 0 Å². The Balaban J connectivity index is 1.28. The molecule has 0 aliphatic heterocycles. The minimum absolute atomic E-state index is 1.03. The van der Waals surface area contributed by atoms with Crippen LogP contribution >= 0.6 is 11.3 Å². The summed E-state index contributed by atoms with van der Waals surface area (Å²) >= 11 is 1.94. The zero-order chi connectivity index (χ0) is 28.5. The summed E-state index contributed by atoms with van der Waals surface area (Å²) in [5.41, 5.74) is 7.16. The van der Waals surface area contributed by atoms with E-state index in [9.17, 15) is 0 Å². The summed E-state index contributed by atoms with van der Waals surface area (Å²) < 4.78 is 5.24. The fourth-order valence-corrected chi connectivity index (χ4v) is 9.11. The summed E-state index contributed by atoms with van der Waals surface area (Å²) in [6.07, 6.45) is 0. The molecule has 44 heavy (non-hydrogen) atoms. The molecule has 0 atom stereocenters. The summed E-state index contributed by atoms with van der Waals surface area (Å²) in [4.78, 5) is 5.22. The molecule has 4 heterocycles. The fraction of sp³-hybridized carbons (Fsp3) is 0. The van der Waals surface area contributed by atoms with Gasteiger partial charge in [-0.25, -0.2) is 4.98 Å². The van der Waals surface area contributed by atoms with Crippen molar-refractivity contribution in [2.75, 3.05) is 0 Å². The smallest absolute Gasteiger partial charge is 0.0788 e. The number of nitrogens with zero attached hydrogens (tertiary/aromatic N) is 2. The Hall–Kier alpha value is -5.51. The van der Waals surface area contributed by atoms with Crippen LogP contribution in [0.25, 0.3) is 102 Å². The van der Waals surface area contributed by atoms with E-state index in [1.165, 1.54) is 85.2 Å². The van der Waals surface area contributed by atoms with Crippen LogP contribution in [0.1, 0.15) is 0 Å². The summed E-state index contributed by atoms with van der Waals surface area (Å²) in [6.45, 7) is 0. The van der Waals surface area contributed by atoms with Gasteiger partial charge in [-0.15, -0.1) is 11.3 Å². The van der Waals surface area contributed by atoms with Gasteiger partial charge < -0.3 is 4.40 Å². The number of thiophene rings is 1. The second-order valence-electron chi connectivity index (χ2n) is 11.9. The Bertz CT molecular complexity index is 3000. The third kappa shape index (κ3) is 2.78. The molecule has 11 rings (SSSR count). The molecule has 3 heteroatoms. The number of fused-ring (bicyclic) bond motifs is 15. The van der Waals surface area contributed by atoms with Gasteiger partial charge in [-0.1, -0.05) is 109 Å². The quantitative estimate of drug-likeness (QED) is 0.178. The van der Waals surface area contributed by atoms with E-state index in [4.69, 9.17) is 4.98 Å². The molecule has 0 saturated heterocycles. The van der Waals surface area contributed by atoms with Crippen LogP contribution in [0.4, 0.5) is 0 Å². The van der Waals surface area contributed by atoms with Gasteiger partial charge in [0.05, 0.1) is 32.5 Å². The standard InChI is InChI=1S/C41H22N2S/c1-2-10-26-24(9-1)21-33-38-36(26)30-14-6-8-16-35(30)43(38)39-31-20-19-23-17-18-25(22-32(23)40(31)44-41(33)39)37-29-13-4-3-11-27(29)28-12-5-7-15-34(28)42-37/h1-22H. The number of hydrogen-bond donors (Lipinski definition) is 0. The minimum atomic E-state index is 1.03. The molecule has 0 saturated carbocycles. The van der Waals surface area contributed by atoms with Crippen molar-refractivity contribution in [2.45, 2.75) is 0 Å². The number of benzene rings is 7. The number of hydrogen-bond acceptors (Lipinski definition) is 2. The van der Waals surface area contributed by atoms with Crippen LogP contribution < -0.4 is 0 Å². The van der Waals surface area contributed by atoms with E-state index in [1.54, 1.807) is 0 Å². The highest BCUT2D eigenvalue weighted by Crippen LogP contribution is 2.49. The zero-order valence-electron chi connectivity index (χ0n) is 23.5. The molecule has 0 unspecified atom stereocenters. The monoisotopic (exact) mass is 574 g/mol. The predicted octanol–water partition coefficient (Wildman–Crippen LogP) is 11.7. The van der Waals surface area contributed by atoms with Crippen LogP contribution in [0.15, 0.2) is 133 Å². The molecule has 4 aromatic heterocycles. The molecule has 0 amide bonds. The molecule has 0 aliphatic rings. The van der Waals surface area contributed by atoms with Crippen molar-refractivity contribution in [3.8, 4) is 11.3 Å². The number of aromatic nitrogens is 2. The van der Waals surface area contributed by atoms with E-state index in [0.29, 0.717) is 0 Å². The second-order valence-corrected chi connectivity index (χ2v) is 12.9. The first-order chi connectivity index (χ1) is 21.8. The van der Waals surface area contributed by atoms with Crippen molar-refractivity contribution in [1.82, 2.24) is 9.38 Å². The van der Waals surface area contributed by atoms with Gasteiger partial charge in [0, 0.05) is 48.0 Å². The summed E-state index contributed by atoms with van der Waals surface area (Å²) in [5, 5.41) is 14.1. The SMILES string of the molecule is c1ccc2c(c1)cc1c3sc4c5cc(-c6nc7ccccc7c7ccccc67)ccc5ccc4c3n3c4ccccc4c2c13. The molecule has 0 bridgehead atoms. The Morgan fingerprint density at radius 3 is 2.09 bits per heavy atom. The van der Waals surface area contributed by atoms with Crippen LogP contribution in [0.2, 0.25) is 0 Å². The van der Waals surface area contributed by atoms with Crippen molar-refractivity contribution in [3.63, 3.8) is 0 Å². The largest absolute Gasteiger partial charge is 0.306 e. The van der Waals surface area contributed by atoms with Crippen molar-refractivity contribution in [1.29, 1.82) is 0 Å². The lowest BCUT2D eigenvalue weighted by molar-refractivity contribution is 1.39. The van der Waals surface area contributed by atoms with E-state index in [-0.39, 0.29) is 0 Å². The molecule has 2 nitrogen and oxygen atoms in total. The van der Waals surface area contributed by atoms with Crippen molar-refractivity contribution in [2.24, 2.45) is 0 Å². The first-order valence-electron chi connectivity index (χ1n) is 15.1. The van der Waals surface area contributed by atoms with Crippen LogP contribution in [0.3, 0.4) is 0 Å². The number of rotatable bonds is 1. The van der Waals surface area contributed by atoms with Gasteiger partial charge >= 0.3 is 0 Å². The summed E-state index contributed by atoms with van der Waals surface area (Å²) in [5.74, 6) is 0. The van der Waals surface area contributed by atoms with E-state index in [0.717, 1.165) is 16.8 Å². The lowest BCUT2D eigenvalue weighted by Crippen LogP contribution is -1.89. The van der Waals surface area contributed by atoms with E-state index >= 15 is 0 Å². The molecular formula is C41H22N2S. The first kappa shape index (κ1) is 23.0. The Labute approximate surface area is 255 Å². The molecule has 7 aromatic carbocycles. The molecule has 0 spiro atoms. The summed E-state index contributed by atoms with van der Waals surface area (Å²) in [6, 6.07) is 48.8. The zero-order valence-corrected chi connectivity index (χ0v) is 24.3. The van der Waals surface area contributed by atoms with Gasteiger partial charge in [0.2, 0.25) is 0 Å². The van der Waals surface area contributed by atoms with E-state index in [2.05, 4.69) is 138 Å². The van der Waals surface area contributed by atoms with E-state index < -0.39 is 0 Å². The average molecular weight is 575 g/mol. The van der Waals surface area contributed by atoms with Gasteiger partial charge in [-0.05, 0) is 45.8 Å². The molecule has 0 radical (unpaired) electrons. The molecule has 0 fully saturated rings. The van der Waals surface area contributed by atoms with Gasteiger partial charge in [-0.2, -0.15) is 0 Å². The maximum Gasteiger partial charge on any atom is 0.0788 e. The Kier molecular flexibility index (Phi) is 4.24. The normalized spacial score (nSPS) is 12.5. The highest BCUT2D eigenvalue weighted by Gasteiger charge is 2.23. The van der Waals surface area contributed by atoms with Crippen LogP contribution in [-0.2, 0) is 0 Å². The number of pyridine rings is 1. The summed E-state index contributed by atoms with van der Waals surface area (Å²) in [7, 11) is 0. The number of para-hydroxylation sites is 2. The molecule has 202 valence electrons. The van der Waals surface area contributed by atoms with Gasteiger partial charge in [0.15, 0.2) is 0 Å². The molecule has 0 aliphatic carbocycles. The molecule has 11 aromatic rings.